The van der Waals surface area contributed by atoms with Crippen molar-refractivity contribution in [1.29, 1.82) is 0 Å². The van der Waals surface area contributed by atoms with Crippen LogP contribution >= 0.6 is 0 Å². The van der Waals surface area contributed by atoms with Crippen LogP contribution < -0.4 is 5.73 Å². The summed E-state index contributed by atoms with van der Waals surface area (Å²) in [6.45, 7) is 6.32. The number of amidine groups is 1. The highest BCUT2D eigenvalue weighted by molar-refractivity contribution is 5.83. The van der Waals surface area contributed by atoms with Gasteiger partial charge < -0.3 is 5.73 Å². The Morgan fingerprint density at radius 2 is 1.67 bits per heavy atom. The minimum atomic E-state index is 0.714. The molecule has 0 heterocycles. The molecule has 0 fully saturated rings. The predicted octanol–water partition coefficient (Wildman–Crippen LogP) is 3.21. The van der Waals surface area contributed by atoms with Crippen LogP contribution in [0.1, 0.15) is 38.3 Å². The van der Waals surface area contributed by atoms with Gasteiger partial charge in [0.2, 0.25) is 0 Å². The lowest BCUT2D eigenvalue weighted by molar-refractivity contribution is 1.07. The number of nitrogens with zero attached hydrogens (tertiary/aromatic N) is 1. The molecule has 0 spiro atoms. The molecule has 1 aromatic rings. The largest absolute Gasteiger partial charge is 0.387 e. The first-order valence-electron chi connectivity index (χ1n) is 5.66. The van der Waals surface area contributed by atoms with E-state index < -0.39 is 0 Å². The zero-order valence-electron chi connectivity index (χ0n) is 9.88. The minimum absolute atomic E-state index is 0.714. The second-order valence-electron chi connectivity index (χ2n) is 3.59. The molecule has 1 aromatic carbocycles. The molecule has 82 valence electrons. The van der Waals surface area contributed by atoms with E-state index in [0.29, 0.717) is 5.84 Å². The van der Waals surface area contributed by atoms with Crippen LogP contribution in [0.15, 0.2) is 23.2 Å². The molecule has 0 unspecified atom stereocenters. The van der Waals surface area contributed by atoms with Crippen LogP contribution in [-0.4, -0.2) is 5.84 Å². The number of hydrogen-bond acceptors (Lipinski definition) is 1. The Morgan fingerprint density at radius 3 is 2.07 bits per heavy atom. The van der Waals surface area contributed by atoms with Crippen LogP contribution in [-0.2, 0) is 12.8 Å². The summed E-state index contributed by atoms with van der Waals surface area (Å²) < 4.78 is 0. The van der Waals surface area contributed by atoms with Crippen LogP contribution in [0.5, 0.6) is 0 Å². The standard InChI is InChI=1S/C13H20N2/c1-4-10-8-7-9-11(5-2)13(10)15-12(14)6-3/h7-9H,4-6H2,1-3H3,(H2,14,15). The third kappa shape index (κ3) is 2.82. The Labute approximate surface area is 92.2 Å². The van der Waals surface area contributed by atoms with Crippen molar-refractivity contribution in [2.24, 2.45) is 10.7 Å². The van der Waals surface area contributed by atoms with Crippen molar-refractivity contribution < 1.29 is 0 Å². The summed E-state index contributed by atoms with van der Waals surface area (Å²) in [7, 11) is 0. The molecule has 0 atom stereocenters. The Kier molecular flexibility index (Phi) is 4.35. The van der Waals surface area contributed by atoms with E-state index in [1.165, 1.54) is 11.1 Å². The molecule has 0 aromatic heterocycles. The highest BCUT2D eigenvalue weighted by atomic mass is 14.9. The Hall–Kier alpha value is -1.31. The normalized spacial score (nSPS) is 11.8. The third-order valence-corrected chi connectivity index (χ3v) is 2.58. The second-order valence-corrected chi connectivity index (χ2v) is 3.59. The number of rotatable bonds is 4. The predicted molar refractivity (Wildman–Crippen MR) is 66.8 cm³/mol. The topological polar surface area (TPSA) is 38.4 Å². The highest BCUT2D eigenvalue weighted by Crippen LogP contribution is 2.25. The smallest absolute Gasteiger partial charge is 0.0993 e. The zero-order valence-corrected chi connectivity index (χ0v) is 9.88. The minimum Gasteiger partial charge on any atom is -0.387 e. The summed E-state index contributed by atoms with van der Waals surface area (Å²) in [5, 5.41) is 0. The number of benzene rings is 1. The molecule has 0 radical (unpaired) electrons. The van der Waals surface area contributed by atoms with Gasteiger partial charge in [-0.2, -0.15) is 0 Å². The first-order valence-corrected chi connectivity index (χ1v) is 5.66. The van der Waals surface area contributed by atoms with Crippen LogP contribution in [0.25, 0.3) is 0 Å². The van der Waals surface area contributed by atoms with E-state index in [2.05, 4.69) is 37.0 Å². The molecular formula is C13H20N2. The maximum atomic E-state index is 5.80. The number of para-hydroxylation sites is 1. The molecule has 2 N–H and O–H groups in total. The molecule has 0 amide bonds. The molecule has 0 aliphatic rings. The van der Waals surface area contributed by atoms with Gasteiger partial charge in [-0.3, -0.25) is 0 Å². The maximum Gasteiger partial charge on any atom is 0.0993 e. The molecule has 1 rings (SSSR count). The lowest BCUT2D eigenvalue weighted by Gasteiger charge is -2.09. The molecule has 0 aliphatic heterocycles. The zero-order chi connectivity index (χ0) is 11.3. The fourth-order valence-corrected chi connectivity index (χ4v) is 1.58. The molecule has 0 saturated heterocycles. The number of nitrogens with two attached hydrogens (primary N) is 1. The van der Waals surface area contributed by atoms with Crippen molar-refractivity contribution in [2.45, 2.75) is 40.0 Å². The molecule has 15 heavy (non-hydrogen) atoms. The summed E-state index contributed by atoms with van der Waals surface area (Å²) in [6, 6.07) is 6.35. The number of aryl methyl sites for hydroxylation is 2. The lowest BCUT2D eigenvalue weighted by Crippen LogP contribution is -2.09. The van der Waals surface area contributed by atoms with Gasteiger partial charge in [0.1, 0.15) is 0 Å². The first-order chi connectivity index (χ1) is 7.22. The van der Waals surface area contributed by atoms with Crippen molar-refractivity contribution in [3.63, 3.8) is 0 Å². The van der Waals surface area contributed by atoms with Gasteiger partial charge in [0.25, 0.3) is 0 Å². The molecular weight excluding hydrogens is 184 g/mol. The number of aliphatic imine (C=N–C) groups is 1. The van der Waals surface area contributed by atoms with Crippen LogP contribution in [0, 0.1) is 0 Å². The van der Waals surface area contributed by atoms with E-state index in [1.54, 1.807) is 0 Å². The van der Waals surface area contributed by atoms with Crippen LogP contribution in [0.2, 0.25) is 0 Å². The average Bonchev–Trinajstić information content (AvgIpc) is 2.29. The molecule has 0 saturated carbocycles. The Balaban J connectivity index is 3.22. The SMILES string of the molecule is CCC(N)=Nc1c(CC)cccc1CC. The van der Waals surface area contributed by atoms with Gasteiger partial charge in [-0.1, -0.05) is 39.0 Å². The Bertz CT molecular complexity index is 331. The van der Waals surface area contributed by atoms with Crippen LogP contribution in [0.3, 0.4) is 0 Å². The fourth-order valence-electron chi connectivity index (χ4n) is 1.58. The van der Waals surface area contributed by atoms with Gasteiger partial charge >= 0.3 is 0 Å². The summed E-state index contributed by atoms with van der Waals surface area (Å²) in [6.07, 6.45) is 2.81. The maximum absolute atomic E-state index is 5.80. The summed E-state index contributed by atoms with van der Waals surface area (Å²) in [5.74, 6) is 0.714. The number of hydrogen-bond donors (Lipinski definition) is 1. The molecule has 0 bridgehead atoms. The van der Waals surface area contributed by atoms with Crippen LogP contribution in [0.4, 0.5) is 5.69 Å². The van der Waals surface area contributed by atoms with Gasteiger partial charge in [0.15, 0.2) is 0 Å². The van der Waals surface area contributed by atoms with E-state index in [1.807, 2.05) is 6.92 Å². The van der Waals surface area contributed by atoms with Crippen molar-refractivity contribution in [3.8, 4) is 0 Å². The summed E-state index contributed by atoms with van der Waals surface area (Å²) >= 11 is 0. The van der Waals surface area contributed by atoms with Gasteiger partial charge in [0, 0.05) is 6.42 Å². The van der Waals surface area contributed by atoms with Gasteiger partial charge in [-0.05, 0) is 24.0 Å². The van der Waals surface area contributed by atoms with Crippen molar-refractivity contribution in [3.05, 3.63) is 29.3 Å². The van der Waals surface area contributed by atoms with Gasteiger partial charge in [-0.25, -0.2) is 4.99 Å². The van der Waals surface area contributed by atoms with E-state index >= 15 is 0 Å². The lowest BCUT2D eigenvalue weighted by atomic mass is 10.0. The summed E-state index contributed by atoms with van der Waals surface area (Å²) in [5.41, 5.74) is 9.45. The third-order valence-electron chi connectivity index (χ3n) is 2.58. The average molecular weight is 204 g/mol. The van der Waals surface area contributed by atoms with Gasteiger partial charge in [0.05, 0.1) is 11.5 Å². The summed E-state index contributed by atoms with van der Waals surface area (Å²) in [4.78, 5) is 4.51. The Morgan fingerprint density at radius 1 is 1.13 bits per heavy atom. The molecule has 2 heteroatoms. The van der Waals surface area contributed by atoms with E-state index in [-0.39, 0.29) is 0 Å². The van der Waals surface area contributed by atoms with E-state index in [0.717, 1.165) is 24.9 Å². The molecule has 2 nitrogen and oxygen atoms in total. The quantitative estimate of drug-likeness (QED) is 0.593. The first kappa shape index (κ1) is 11.8. The second kappa shape index (κ2) is 5.54. The highest BCUT2D eigenvalue weighted by Gasteiger charge is 2.04. The van der Waals surface area contributed by atoms with Crippen molar-refractivity contribution in [1.82, 2.24) is 0 Å². The van der Waals surface area contributed by atoms with E-state index in [4.69, 9.17) is 5.73 Å². The van der Waals surface area contributed by atoms with E-state index in [9.17, 15) is 0 Å². The monoisotopic (exact) mass is 204 g/mol. The van der Waals surface area contributed by atoms with Crippen molar-refractivity contribution in [2.75, 3.05) is 0 Å². The molecule has 0 aliphatic carbocycles. The fraction of sp³-hybridized carbons (Fsp3) is 0.462. The van der Waals surface area contributed by atoms with Crippen molar-refractivity contribution >= 4 is 11.5 Å². The van der Waals surface area contributed by atoms with Gasteiger partial charge in [-0.15, -0.1) is 0 Å².